The first-order valence-electron chi connectivity index (χ1n) is 11.5. The van der Waals surface area contributed by atoms with Gasteiger partial charge in [-0.3, -0.25) is 9.59 Å². The number of anilines is 1. The average molecular weight is 451 g/mol. The molecule has 2 unspecified atom stereocenters. The summed E-state index contributed by atoms with van der Waals surface area (Å²) in [7, 11) is 1.71. The molecule has 1 aliphatic heterocycles. The molecule has 1 heterocycles. The third-order valence-corrected chi connectivity index (χ3v) is 5.83. The maximum Gasteiger partial charge on any atom is 0.317 e. The molecule has 0 aliphatic carbocycles. The lowest BCUT2D eigenvalue weighted by molar-refractivity contribution is -0.116. The topological polar surface area (TPSA) is 81.8 Å². The van der Waals surface area contributed by atoms with Crippen LogP contribution < -0.4 is 10.6 Å². The molecule has 4 amide bonds. The molecule has 1 fully saturated rings. The summed E-state index contributed by atoms with van der Waals surface area (Å²) in [6, 6.07) is 16.6. The molecule has 0 bridgehead atoms. The van der Waals surface area contributed by atoms with Gasteiger partial charge in [-0.2, -0.15) is 0 Å². The number of benzene rings is 2. The summed E-state index contributed by atoms with van der Waals surface area (Å²) in [5.41, 5.74) is 2.04. The molecular formula is C26H34N4O3. The van der Waals surface area contributed by atoms with Crippen LogP contribution in [-0.4, -0.2) is 54.3 Å². The average Bonchev–Trinajstić information content (AvgIpc) is 2.79. The number of urea groups is 1. The number of piperidine rings is 1. The van der Waals surface area contributed by atoms with Crippen molar-refractivity contribution in [3.63, 3.8) is 0 Å². The zero-order valence-corrected chi connectivity index (χ0v) is 19.7. The minimum absolute atomic E-state index is 0.0554. The minimum Gasteiger partial charge on any atom is -0.338 e. The van der Waals surface area contributed by atoms with Crippen molar-refractivity contribution in [1.82, 2.24) is 15.1 Å². The molecule has 1 aliphatic rings. The van der Waals surface area contributed by atoms with Crippen LogP contribution in [-0.2, 0) is 11.3 Å². The molecule has 0 saturated carbocycles. The van der Waals surface area contributed by atoms with Crippen LogP contribution in [0.4, 0.5) is 10.5 Å². The summed E-state index contributed by atoms with van der Waals surface area (Å²) >= 11 is 0. The van der Waals surface area contributed by atoms with Gasteiger partial charge in [0.2, 0.25) is 5.91 Å². The molecule has 2 aromatic rings. The number of amides is 4. The maximum absolute atomic E-state index is 13.1. The number of para-hydroxylation sites is 1. The van der Waals surface area contributed by atoms with Gasteiger partial charge in [0, 0.05) is 39.6 Å². The standard InChI is InChI=1S/C26H34N4O3/c1-19-15-20(2)17-30(16-19)25(32)22-11-7-8-12-23(22)28-24(31)13-14-27-26(33)29(3)18-21-9-5-4-6-10-21/h4-12,19-20H,13-18H2,1-3H3,(H,27,33)(H,28,31). The molecule has 0 spiro atoms. The van der Waals surface area contributed by atoms with Crippen LogP contribution >= 0.6 is 0 Å². The number of carbonyl (C=O) groups excluding carboxylic acids is 3. The van der Waals surface area contributed by atoms with E-state index in [4.69, 9.17) is 0 Å². The number of rotatable bonds is 7. The van der Waals surface area contributed by atoms with Crippen LogP contribution in [0.15, 0.2) is 54.6 Å². The number of likely N-dealkylation sites (tertiary alicyclic amines) is 1. The molecule has 176 valence electrons. The van der Waals surface area contributed by atoms with Gasteiger partial charge in [0.05, 0.1) is 11.3 Å². The molecule has 3 rings (SSSR count). The molecule has 1 saturated heterocycles. The summed E-state index contributed by atoms with van der Waals surface area (Å²) < 4.78 is 0. The van der Waals surface area contributed by atoms with Crippen molar-refractivity contribution in [2.24, 2.45) is 11.8 Å². The maximum atomic E-state index is 13.1. The van der Waals surface area contributed by atoms with Crippen molar-refractivity contribution in [3.8, 4) is 0 Å². The van der Waals surface area contributed by atoms with Crippen LogP contribution in [0.2, 0.25) is 0 Å². The summed E-state index contributed by atoms with van der Waals surface area (Å²) in [5, 5.41) is 5.61. The van der Waals surface area contributed by atoms with E-state index >= 15 is 0 Å². The van der Waals surface area contributed by atoms with Crippen molar-refractivity contribution in [1.29, 1.82) is 0 Å². The Hall–Kier alpha value is -3.35. The Morgan fingerprint density at radius 1 is 0.970 bits per heavy atom. The number of nitrogens with one attached hydrogen (secondary N) is 2. The van der Waals surface area contributed by atoms with Gasteiger partial charge in [-0.1, -0.05) is 56.3 Å². The van der Waals surface area contributed by atoms with Gasteiger partial charge in [0.15, 0.2) is 0 Å². The van der Waals surface area contributed by atoms with Crippen LogP contribution in [0.3, 0.4) is 0 Å². The molecule has 0 aromatic heterocycles. The van der Waals surface area contributed by atoms with Crippen molar-refractivity contribution < 1.29 is 14.4 Å². The molecular weight excluding hydrogens is 416 g/mol. The fourth-order valence-corrected chi connectivity index (χ4v) is 4.34. The third kappa shape index (κ3) is 7.07. The van der Waals surface area contributed by atoms with Gasteiger partial charge in [0.1, 0.15) is 0 Å². The minimum atomic E-state index is -0.248. The van der Waals surface area contributed by atoms with E-state index in [-0.39, 0.29) is 30.8 Å². The smallest absolute Gasteiger partial charge is 0.317 e. The zero-order chi connectivity index (χ0) is 23.8. The van der Waals surface area contributed by atoms with Crippen LogP contribution in [0.1, 0.15) is 42.6 Å². The lowest BCUT2D eigenvalue weighted by Gasteiger charge is -2.35. The van der Waals surface area contributed by atoms with Gasteiger partial charge < -0.3 is 20.4 Å². The largest absolute Gasteiger partial charge is 0.338 e. The first-order chi connectivity index (χ1) is 15.8. The first kappa shape index (κ1) is 24.3. The van der Waals surface area contributed by atoms with Gasteiger partial charge in [-0.15, -0.1) is 0 Å². The predicted octanol–water partition coefficient (Wildman–Crippen LogP) is 3.97. The number of carbonyl (C=O) groups is 3. The fraction of sp³-hybridized carbons (Fsp3) is 0.423. The Morgan fingerprint density at radius 2 is 1.61 bits per heavy atom. The van der Waals surface area contributed by atoms with Crippen molar-refractivity contribution in [2.45, 2.75) is 33.2 Å². The first-order valence-corrected chi connectivity index (χ1v) is 11.5. The van der Waals surface area contributed by atoms with Crippen LogP contribution in [0, 0.1) is 11.8 Å². The Balaban J connectivity index is 1.50. The van der Waals surface area contributed by atoms with E-state index in [0.717, 1.165) is 25.1 Å². The Kier molecular flexibility index (Phi) is 8.46. The highest BCUT2D eigenvalue weighted by atomic mass is 16.2. The van der Waals surface area contributed by atoms with Gasteiger partial charge in [-0.25, -0.2) is 4.79 Å². The van der Waals surface area contributed by atoms with Gasteiger partial charge >= 0.3 is 6.03 Å². The zero-order valence-electron chi connectivity index (χ0n) is 19.7. The molecule has 2 aromatic carbocycles. The molecule has 7 heteroatoms. The summed E-state index contributed by atoms with van der Waals surface area (Å²) in [6.45, 7) is 6.48. The summed E-state index contributed by atoms with van der Waals surface area (Å²) in [4.78, 5) is 41.4. The molecule has 33 heavy (non-hydrogen) atoms. The monoisotopic (exact) mass is 450 g/mol. The highest BCUT2D eigenvalue weighted by Gasteiger charge is 2.27. The van der Waals surface area contributed by atoms with E-state index in [1.807, 2.05) is 41.3 Å². The highest BCUT2D eigenvalue weighted by Crippen LogP contribution is 2.25. The molecule has 0 radical (unpaired) electrons. The second kappa shape index (κ2) is 11.5. The van der Waals surface area contributed by atoms with Crippen LogP contribution in [0.25, 0.3) is 0 Å². The Morgan fingerprint density at radius 3 is 2.30 bits per heavy atom. The van der Waals surface area contributed by atoms with Crippen molar-refractivity contribution in [2.75, 3.05) is 32.0 Å². The second-order valence-electron chi connectivity index (χ2n) is 9.07. The number of hydrogen-bond donors (Lipinski definition) is 2. The molecule has 2 atom stereocenters. The molecule has 7 nitrogen and oxygen atoms in total. The van der Waals surface area contributed by atoms with Crippen molar-refractivity contribution >= 4 is 23.5 Å². The van der Waals surface area contributed by atoms with E-state index in [0.29, 0.717) is 29.6 Å². The van der Waals surface area contributed by atoms with E-state index < -0.39 is 0 Å². The number of hydrogen-bond acceptors (Lipinski definition) is 3. The quantitative estimate of drug-likeness (QED) is 0.670. The second-order valence-corrected chi connectivity index (χ2v) is 9.07. The SMILES string of the molecule is CC1CC(C)CN(C(=O)c2ccccc2NC(=O)CCNC(=O)N(C)Cc2ccccc2)C1. The van der Waals surface area contributed by atoms with E-state index in [1.54, 1.807) is 30.1 Å². The summed E-state index contributed by atoms with van der Waals surface area (Å²) in [5.74, 6) is 0.618. The lowest BCUT2D eigenvalue weighted by atomic mass is 9.91. The summed E-state index contributed by atoms with van der Waals surface area (Å²) in [6.07, 6.45) is 1.24. The normalized spacial score (nSPS) is 17.8. The van der Waals surface area contributed by atoms with Crippen molar-refractivity contribution in [3.05, 3.63) is 65.7 Å². The number of nitrogens with zero attached hydrogens (tertiary/aromatic N) is 2. The Labute approximate surface area is 196 Å². The third-order valence-electron chi connectivity index (χ3n) is 5.83. The van der Waals surface area contributed by atoms with Gasteiger partial charge in [0.25, 0.3) is 5.91 Å². The van der Waals surface area contributed by atoms with E-state index in [9.17, 15) is 14.4 Å². The predicted molar refractivity (Wildman–Crippen MR) is 130 cm³/mol. The van der Waals surface area contributed by atoms with Crippen LogP contribution in [0.5, 0.6) is 0 Å². The van der Waals surface area contributed by atoms with E-state index in [2.05, 4.69) is 24.5 Å². The van der Waals surface area contributed by atoms with Gasteiger partial charge in [-0.05, 0) is 36.0 Å². The lowest BCUT2D eigenvalue weighted by Crippen LogP contribution is -2.42. The fourth-order valence-electron chi connectivity index (χ4n) is 4.34. The van der Waals surface area contributed by atoms with E-state index in [1.165, 1.54) is 0 Å². The highest BCUT2D eigenvalue weighted by molar-refractivity contribution is 6.03. The Bertz CT molecular complexity index is 953. The molecule has 2 N–H and O–H groups in total.